The Hall–Kier alpha value is -2.30. The molecular formula is C15H20N4O. The molecule has 0 amide bonds. The summed E-state index contributed by atoms with van der Waals surface area (Å²) < 4.78 is 5.55. The number of rotatable bonds is 5. The van der Waals surface area contributed by atoms with Crippen LogP contribution in [-0.4, -0.2) is 16.1 Å². The molecule has 0 fully saturated rings. The van der Waals surface area contributed by atoms with E-state index >= 15 is 0 Å². The normalized spacial score (nSPS) is 12.2. The highest BCUT2D eigenvalue weighted by molar-refractivity contribution is 5.45. The number of hydrogen-bond donors (Lipinski definition) is 2. The lowest BCUT2D eigenvalue weighted by atomic mass is 10.1. The van der Waals surface area contributed by atoms with E-state index in [0.717, 1.165) is 17.1 Å². The second-order valence-corrected chi connectivity index (χ2v) is 4.94. The quantitative estimate of drug-likeness (QED) is 0.818. The van der Waals surface area contributed by atoms with Gasteiger partial charge in [0.05, 0.1) is 12.1 Å². The Morgan fingerprint density at radius 1 is 1.15 bits per heavy atom. The molecule has 0 aliphatic carbocycles. The zero-order valence-electron chi connectivity index (χ0n) is 12.0. The Kier molecular flexibility index (Phi) is 4.40. The van der Waals surface area contributed by atoms with Crippen molar-refractivity contribution in [2.75, 3.05) is 11.1 Å². The summed E-state index contributed by atoms with van der Waals surface area (Å²) in [5.74, 6) is 1.29. The second-order valence-electron chi connectivity index (χ2n) is 4.94. The lowest BCUT2D eigenvalue weighted by Crippen LogP contribution is -2.10. The molecule has 0 spiro atoms. The summed E-state index contributed by atoms with van der Waals surface area (Å²) in [6.07, 6.45) is 1.58. The fraction of sp³-hybridized carbons (Fsp3) is 0.333. The Labute approximate surface area is 119 Å². The van der Waals surface area contributed by atoms with E-state index in [9.17, 15) is 0 Å². The van der Waals surface area contributed by atoms with Crippen molar-refractivity contribution in [3.63, 3.8) is 0 Å². The molecule has 0 aliphatic heterocycles. The third-order valence-electron chi connectivity index (χ3n) is 2.77. The van der Waals surface area contributed by atoms with Gasteiger partial charge in [-0.05, 0) is 38.5 Å². The third kappa shape index (κ3) is 3.85. The number of hydrogen-bond acceptors (Lipinski definition) is 5. The maximum atomic E-state index is 5.80. The Balaban J connectivity index is 2.09. The number of ether oxygens (including phenoxy) is 1. The fourth-order valence-electron chi connectivity index (χ4n) is 1.86. The minimum Gasteiger partial charge on any atom is -0.475 e. The van der Waals surface area contributed by atoms with Crippen molar-refractivity contribution in [2.45, 2.75) is 32.9 Å². The number of nitrogens with two attached hydrogens (primary N) is 1. The van der Waals surface area contributed by atoms with Crippen molar-refractivity contribution in [3.8, 4) is 5.88 Å². The van der Waals surface area contributed by atoms with Crippen molar-refractivity contribution >= 4 is 11.5 Å². The highest BCUT2D eigenvalue weighted by Crippen LogP contribution is 2.21. The minimum atomic E-state index is 0.0871. The minimum absolute atomic E-state index is 0.0871. The largest absolute Gasteiger partial charge is 0.475 e. The number of aromatic nitrogens is 2. The van der Waals surface area contributed by atoms with E-state index in [0.29, 0.717) is 5.88 Å². The van der Waals surface area contributed by atoms with E-state index in [1.165, 1.54) is 6.33 Å². The van der Waals surface area contributed by atoms with Crippen LogP contribution in [0.15, 0.2) is 36.7 Å². The Morgan fingerprint density at radius 2 is 1.95 bits per heavy atom. The second kappa shape index (κ2) is 6.23. The third-order valence-corrected chi connectivity index (χ3v) is 2.77. The number of anilines is 2. The van der Waals surface area contributed by atoms with Gasteiger partial charge in [0.15, 0.2) is 0 Å². The summed E-state index contributed by atoms with van der Waals surface area (Å²) >= 11 is 0. The van der Waals surface area contributed by atoms with Crippen molar-refractivity contribution in [2.24, 2.45) is 0 Å². The molecule has 1 aromatic carbocycles. The highest BCUT2D eigenvalue weighted by atomic mass is 16.5. The van der Waals surface area contributed by atoms with Crippen LogP contribution in [0.25, 0.3) is 0 Å². The van der Waals surface area contributed by atoms with E-state index in [2.05, 4.69) is 22.2 Å². The maximum Gasteiger partial charge on any atom is 0.218 e. The summed E-state index contributed by atoms with van der Waals surface area (Å²) in [7, 11) is 0. The van der Waals surface area contributed by atoms with Gasteiger partial charge in [0.2, 0.25) is 5.88 Å². The molecule has 106 valence electrons. The fourth-order valence-corrected chi connectivity index (χ4v) is 1.86. The van der Waals surface area contributed by atoms with Crippen LogP contribution in [0.5, 0.6) is 5.88 Å². The molecule has 1 atom stereocenters. The highest BCUT2D eigenvalue weighted by Gasteiger charge is 2.08. The average molecular weight is 272 g/mol. The molecule has 3 N–H and O–H groups in total. The molecule has 0 aliphatic rings. The molecular weight excluding hydrogens is 252 g/mol. The molecule has 20 heavy (non-hydrogen) atoms. The van der Waals surface area contributed by atoms with Crippen LogP contribution in [0, 0.1) is 0 Å². The monoisotopic (exact) mass is 272 g/mol. The molecule has 1 aromatic heterocycles. The molecule has 1 unspecified atom stereocenters. The molecule has 0 radical (unpaired) electrons. The predicted octanol–water partition coefficient (Wildman–Crippen LogP) is 3.02. The first-order valence-corrected chi connectivity index (χ1v) is 6.65. The van der Waals surface area contributed by atoms with Crippen molar-refractivity contribution < 1.29 is 4.74 Å². The van der Waals surface area contributed by atoms with E-state index in [1.54, 1.807) is 6.07 Å². The van der Waals surface area contributed by atoms with Crippen LogP contribution in [0.4, 0.5) is 11.5 Å². The standard InChI is InChI=1S/C15H20N4O/c1-10(2)20-15-8-14(17-9-18-15)19-11(3)12-5-4-6-13(16)7-12/h4-11H,16H2,1-3H3,(H,17,18,19). The molecule has 0 bridgehead atoms. The molecule has 2 rings (SSSR count). The summed E-state index contributed by atoms with van der Waals surface area (Å²) in [5, 5.41) is 3.31. The molecule has 0 saturated heterocycles. The average Bonchev–Trinajstić information content (AvgIpc) is 2.38. The summed E-state index contributed by atoms with van der Waals surface area (Å²) in [5.41, 5.74) is 7.65. The van der Waals surface area contributed by atoms with Gasteiger partial charge in [-0.15, -0.1) is 0 Å². The van der Waals surface area contributed by atoms with Gasteiger partial charge in [-0.2, -0.15) is 0 Å². The smallest absolute Gasteiger partial charge is 0.218 e. The van der Waals surface area contributed by atoms with Crippen LogP contribution in [-0.2, 0) is 0 Å². The van der Waals surface area contributed by atoms with E-state index in [4.69, 9.17) is 10.5 Å². The van der Waals surface area contributed by atoms with Crippen molar-refractivity contribution in [1.82, 2.24) is 9.97 Å². The molecule has 5 nitrogen and oxygen atoms in total. The number of nitrogens with one attached hydrogen (secondary N) is 1. The van der Waals surface area contributed by atoms with Crippen LogP contribution >= 0.6 is 0 Å². The lowest BCUT2D eigenvalue weighted by molar-refractivity contribution is 0.232. The van der Waals surface area contributed by atoms with Crippen LogP contribution < -0.4 is 15.8 Å². The first-order chi connectivity index (χ1) is 9.54. The molecule has 0 saturated carbocycles. The topological polar surface area (TPSA) is 73.1 Å². The van der Waals surface area contributed by atoms with E-state index in [1.807, 2.05) is 38.1 Å². The van der Waals surface area contributed by atoms with Crippen LogP contribution in [0.3, 0.4) is 0 Å². The first kappa shape index (κ1) is 14.1. The first-order valence-electron chi connectivity index (χ1n) is 6.65. The van der Waals surface area contributed by atoms with E-state index in [-0.39, 0.29) is 12.1 Å². The molecule has 1 heterocycles. The zero-order valence-corrected chi connectivity index (χ0v) is 12.0. The summed E-state index contributed by atoms with van der Waals surface area (Å²) in [4.78, 5) is 8.28. The van der Waals surface area contributed by atoms with Gasteiger partial charge < -0.3 is 15.8 Å². The number of nitrogens with zero attached hydrogens (tertiary/aromatic N) is 2. The van der Waals surface area contributed by atoms with Gasteiger partial charge >= 0.3 is 0 Å². The van der Waals surface area contributed by atoms with Crippen molar-refractivity contribution in [1.29, 1.82) is 0 Å². The van der Waals surface area contributed by atoms with Gasteiger partial charge in [-0.1, -0.05) is 12.1 Å². The predicted molar refractivity (Wildman–Crippen MR) is 80.7 cm³/mol. The SMILES string of the molecule is CC(C)Oc1cc(NC(C)c2cccc(N)c2)ncn1. The van der Waals surface area contributed by atoms with Crippen LogP contribution in [0.2, 0.25) is 0 Å². The molecule has 5 heteroatoms. The van der Waals surface area contributed by atoms with Gasteiger partial charge in [0, 0.05) is 11.8 Å². The Bertz CT molecular complexity index is 571. The van der Waals surface area contributed by atoms with Gasteiger partial charge in [-0.3, -0.25) is 0 Å². The summed E-state index contributed by atoms with van der Waals surface area (Å²) in [6, 6.07) is 9.68. The number of benzene rings is 1. The summed E-state index contributed by atoms with van der Waals surface area (Å²) in [6.45, 7) is 5.98. The maximum absolute atomic E-state index is 5.80. The van der Waals surface area contributed by atoms with Gasteiger partial charge in [0.1, 0.15) is 12.1 Å². The van der Waals surface area contributed by atoms with Gasteiger partial charge in [0.25, 0.3) is 0 Å². The van der Waals surface area contributed by atoms with Crippen molar-refractivity contribution in [3.05, 3.63) is 42.2 Å². The Morgan fingerprint density at radius 3 is 2.65 bits per heavy atom. The van der Waals surface area contributed by atoms with Gasteiger partial charge in [-0.25, -0.2) is 9.97 Å². The number of nitrogen functional groups attached to an aromatic ring is 1. The lowest BCUT2D eigenvalue weighted by Gasteiger charge is -2.16. The van der Waals surface area contributed by atoms with E-state index < -0.39 is 0 Å². The zero-order chi connectivity index (χ0) is 14.5. The molecule has 2 aromatic rings. The van der Waals surface area contributed by atoms with Crippen LogP contribution in [0.1, 0.15) is 32.4 Å².